The largest absolute Gasteiger partial charge is 0.355 e. The van der Waals surface area contributed by atoms with Crippen molar-refractivity contribution >= 4 is 5.91 Å². The summed E-state index contributed by atoms with van der Waals surface area (Å²) in [5.41, 5.74) is 0. The first kappa shape index (κ1) is 7.10. The van der Waals surface area contributed by atoms with Crippen molar-refractivity contribution in [2.24, 2.45) is 5.92 Å². The van der Waals surface area contributed by atoms with Gasteiger partial charge in [0.2, 0.25) is 5.91 Å². The monoisotopic (exact) mass is 154 g/mol. The average Bonchev–Trinajstić information content (AvgIpc) is 2.06. The van der Waals surface area contributed by atoms with Crippen molar-refractivity contribution in [1.82, 2.24) is 10.6 Å². The predicted octanol–water partition coefficient (Wildman–Crippen LogP) is -0.126. The summed E-state index contributed by atoms with van der Waals surface area (Å²) in [6, 6.07) is 0.123. The van der Waals surface area contributed by atoms with Gasteiger partial charge in [0.25, 0.3) is 0 Å². The molecular weight excluding hydrogens is 140 g/mol. The zero-order valence-corrected chi connectivity index (χ0v) is 6.60. The molecule has 3 nitrogen and oxygen atoms in total. The van der Waals surface area contributed by atoms with Crippen molar-refractivity contribution in [3.8, 4) is 0 Å². The SMILES string of the molecule is O=C1NCC[C@@H]2CCCN[C@H]12. The van der Waals surface area contributed by atoms with Crippen LogP contribution in [0.15, 0.2) is 0 Å². The molecule has 0 aromatic rings. The molecule has 2 rings (SSSR count). The van der Waals surface area contributed by atoms with Gasteiger partial charge in [0.05, 0.1) is 6.04 Å². The quantitative estimate of drug-likeness (QED) is 0.510. The highest BCUT2D eigenvalue weighted by atomic mass is 16.2. The minimum Gasteiger partial charge on any atom is -0.355 e. The molecule has 2 aliphatic heterocycles. The van der Waals surface area contributed by atoms with E-state index >= 15 is 0 Å². The van der Waals surface area contributed by atoms with Crippen molar-refractivity contribution in [3.63, 3.8) is 0 Å². The minimum absolute atomic E-state index is 0.123. The van der Waals surface area contributed by atoms with E-state index in [1.54, 1.807) is 0 Å². The van der Waals surface area contributed by atoms with Crippen LogP contribution in [0.1, 0.15) is 19.3 Å². The van der Waals surface area contributed by atoms with Crippen LogP contribution in [0.5, 0.6) is 0 Å². The highest BCUT2D eigenvalue weighted by Gasteiger charge is 2.32. The number of amides is 1. The van der Waals surface area contributed by atoms with Gasteiger partial charge in [-0.05, 0) is 31.7 Å². The van der Waals surface area contributed by atoms with Crippen LogP contribution in [0.2, 0.25) is 0 Å². The molecule has 2 aliphatic rings. The normalized spacial score (nSPS) is 37.6. The zero-order chi connectivity index (χ0) is 7.68. The summed E-state index contributed by atoms with van der Waals surface area (Å²) in [7, 11) is 0. The van der Waals surface area contributed by atoms with Crippen LogP contribution in [0.4, 0.5) is 0 Å². The van der Waals surface area contributed by atoms with Crippen molar-refractivity contribution in [2.75, 3.05) is 13.1 Å². The molecule has 2 N–H and O–H groups in total. The van der Waals surface area contributed by atoms with E-state index in [-0.39, 0.29) is 11.9 Å². The smallest absolute Gasteiger partial charge is 0.237 e. The fourth-order valence-corrected chi connectivity index (χ4v) is 2.06. The third-order valence-electron chi connectivity index (χ3n) is 2.68. The fraction of sp³-hybridized carbons (Fsp3) is 0.875. The summed E-state index contributed by atoms with van der Waals surface area (Å²) in [6.45, 7) is 1.89. The van der Waals surface area contributed by atoms with Gasteiger partial charge >= 0.3 is 0 Å². The van der Waals surface area contributed by atoms with Gasteiger partial charge in [-0.1, -0.05) is 0 Å². The lowest BCUT2D eigenvalue weighted by molar-refractivity contribution is -0.126. The van der Waals surface area contributed by atoms with Crippen LogP contribution in [0, 0.1) is 5.92 Å². The third kappa shape index (κ3) is 1.25. The summed E-state index contributed by atoms with van der Waals surface area (Å²) in [4.78, 5) is 11.3. The Kier molecular flexibility index (Phi) is 1.82. The second-order valence-electron chi connectivity index (χ2n) is 3.41. The number of carbonyl (C=O) groups excluding carboxylic acids is 1. The predicted molar refractivity (Wildman–Crippen MR) is 42.1 cm³/mol. The lowest BCUT2D eigenvalue weighted by atomic mass is 9.85. The van der Waals surface area contributed by atoms with Crippen molar-refractivity contribution in [1.29, 1.82) is 0 Å². The fourth-order valence-electron chi connectivity index (χ4n) is 2.06. The maximum Gasteiger partial charge on any atom is 0.237 e. The molecule has 2 saturated heterocycles. The third-order valence-corrected chi connectivity index (χ3v) is 2.68. The second kappa shape index (κ2) is 2.81. The molecule has 2 atom stereocenters. The molecular formula is C8H14N2O. The van der Waals surface area contributed by atoms with Crippen molar-refractivity contribution < 1.29 is 4.79 Å². The Bertz CT molecular complexity index is 167. The highest BCUT2D eigenvalue weighted by molar-refractivity contribution is 5.82. The van der Waals surface area contributed by atoms with Crippen LogP contribution in [-0.4, -0.2) is 25.0 Å². The molecule has 0 aliphatic carbocycles. The van der Waals surface area contributed by atoms with E-state index in [0.29, 0.717) is 5.92 Å². The standard InChI is InChI=1S/C8H14N2O/c11-8-7-6(3-5-10-8)2-1-4-9-7/h6-7,9H,1-5H2,(H,10,11)/t6-,7-/m0/s1. The molecule has 0 saturated carbocycles. The summed E-state index contributed by atoms with van der Waals surface area (Å²) < 4.78 is 0. The molecule has 2 heterocycles. The Morgan fingerprint density at radius 2 is 2.18 bits per heavy atom. The van der Waals surface area contributed by atoms with Crippen LogP contribution in [0.25, 0.3) is 0 Å². The molecule has 62 valence electrons. The van der Waals surface area contributed by atoms with E-state index in [1.807, 2.05) is 0 Å². The molecule has 0 aromatic heterocycles. The summed E-state index contributed by atoms with van der Waals surface area (Å²) in [5, 5.41) is 6.14. The molecule has 11 heavy (non-hydrogen) atoms. The Labute approximate surface area is 66.5 Å². The van der Waals surface area contributed by atoms with Crippen molar-refractivity contribution in [3.05, 3.63) is 0 Å². The maximum absolute atomic E-state index is 11.3. The van der Waals surface area contributed by atoms with E-state index < -0.39 is 0 Å². The summed E-state index contributed by atoms with van der Waals surface area (Å²) in [5.74, 6) is 0.818. The first-order valence-corrected chi connectivity index (χ1v) is 4.39. The highest BCUT2D eigenvalue weighted by Crippen LogP contribution is 2.22. The number of fused-ring (bicyclic) bond motifs is 1. The van der Waals surface area contributed by atoms with Crippen LogP contribution >= 0.6 is 0 Å². The van der Waals surface area contributed by atoms with E-state index in [9.17, 15) is 4.79 Å². The number of piperidine rings is 2. The molecule has 3 heteroatoms. The zero-order valence-electron chi connectivity index (χ0n) is 6.60. The number of carbonyl (C=O) groups is 1. The van der Waals surface area contributed by atoms with Gasteiger partial charge in [-0.25, -0.2) is 0 Å². The number of rotatable bonds is 0. The average molecular weight is 154 g/mol. The van der Waals surface area contributed by atoms with Gasteiger partial charge < -0.3 is 10.6 Å². The van der Waals surface area contributed by atoms with Gasteiger partial charge in [-0.2, -0.15) is 0 Å². The van der Waals surface area contributed by atoms with Gasteiger partial charge in [-0.15, -0.1) is 0 Å². The molecule has 0 bridgehead atoms. The second-order valence-corrected chi connectivity index (χ2v) is 3.41. The van der Waals surface area contributed by atoms with Gasteiger partial charge in [0.15, 0.2) is 0 Å². The lowest BCUT2D eigenvalue weighted by Crippen LogP contribution is -2.55. The summed E-state index contributed by atoms with van der Waals surface area (Å²) >= 11 is 0. The van der Waals surface area contributed by atoms with Crippen LogP contribution < -0.4 is 10.6 Å². The topological polar surface area (TPSA) is 41.1 Å². The number of hydrogen-bond acceptors (Lipinski definition) is 2. The van der Waals surface area contributed by atoms with E-state index in [2.05, 4.69) is 10.6 Å². The molecule has 0 spiro atoms. The van der Waals surface area contributed by atoms with Crippen LogP contribution in [-0.2, 0) is 4.79 Å². The van der Waals surface area contributed by atoms with Gasteiger partial charge in [0.1, 0.15) is 0 Å². The molecule has 0 unspecified atom stereocenters. The molecule has 0 radical (unpaired) electrons. The Morgan fingerprint density at radius 1 is 1.27 bits per heavy atom. The lowest BCUT2D eigenvalue weighted by Gasteiger charge is -2.35. The maximum atomic E-state index is 11.3. The minimum atomic E-state index is 0.123. The Hall–Kier alpha value is -0.570. The van der Waals surface area contributed by atoms with Crippen LogP contribution in [0.3, 0.4) is 0 Å². The molecule has 2 fully saturated rings. The van der Waals surface area contributed by atoms with Crippen molar-refractivity contribution in [2.45, 2.75) is 25.3 Å². The first-order valence-electron chi connectivity index (χ1n) is 4.39. The molecule has 0 aromatic carbocycles. The summed E-state index contributed by atoms with van der Waals surface area (Å²) in [6.07, 6.45) is 3.61. The van der Waals surface area contributed by atoms with E-state index in [0.717, 1.165) is 19.5 Å². The van der Waals surface area contributed by atoms with E-state index in [4.69, 9.17) is 0 Å². The van der Waals surface area contributed by atoms with Gasteiger partial charge in [-0.3, -0.25) is 4.79 Å². The van der Waals surface area contributed by atoms with Gasteiger partial charge in [0, 0.05) is 6.54 Å². The van der Waals surface area contributed by atoms with E-state index in [1.165, 1.54) is 12.8 Å². The Balaban J connectivity index is 2.05. The first-order chi connectivity index (χ1) is 5.38. The molecule has 1 amide bonds. The number of nitrogens with one attached hydrogen (secondary N) is 2. The Morgan fingerprint density at radius 3 is 3.00 bits per heavy atom. The number of hydrogen-bond donors (Lipinski definition) is 2.